The molecule has 0 aliphatic heterocycles. The molecule has 1 aromatic carbocycles. The van der Waals surface area contributed by atoms with E-state index >= 15 is 0 Å². The van der Waals surface area contributed by atoms with Gasteiger partial charge < -0.3 is 5.73 Å². The number of hydrogen-bond donors (Lipinski definition) is 1. The molecule has 24 heavy (non-hydrogen) atoms. The van der Waals surface area contributed by atoms with Crippen LogP contribution in [0.3, 0.4) is 0 Å². The van der Waals surface area contributed by atoms with Crippen molar-refractivity contribution < 1.29 is 17.6 Å². The Bertz CT molecular complexity index is 885. The van der Waals surface area contributed by atoms with Gasteiger partial charge in [0.1, 0.15) is 5.82 Å². The van der Waals surface area contributed by atoms with Gasteiger partial charge in [0.25, 0.3) is 0 Å². The van der Waals surface area contributed by atoms with Crippen molar-refractivity contribution in [3.63, 3.8) is 0 Å². The van der Waals surface area contributed by atoms with E-state index in [1.165, 1.54) is 28.7 Å². The Balaban J connectivity index is 2.33. The van der Waals surface area contributed by atoms with Gasteiger partial charge in [0, 0.05) is 18.2 Å². The summed E-state index contributed by atoms with van der Waals surface area (Å²) >= 11 is 5.99. The van der Waals surface area contributed by atoms with Crippen molar-refractivity contribution in [1.29, 1.82) is 0 Å². The predicted molar refractivity (Wildman–Crippen MR) is 83.4 cm³/mol. The molecule has 0 bridgehead atoms. The van der Waals surface area contributed by atoms with Crippen LogP contribution in [0.4, 0.5) is 17.6 Å². The summed E-state index contributed by atoms with van der Waals surface area (Å²) in [5, 5.41) is -0.114. The number of pyridine rings is 1. The van der Waals surface area contributed by atoms with Gasteiger partial charge in [-0.05, 0) is 36.9 Å². The molecule has 3 rings (SSSR count). The van der Waals surface area contributed by atoms with Crippen molar-refractivity contribution in [3.05, 3.63) is 58.6 Å². The Labute approximate surface area is 139 Å². The van der Waals surface area contributed by atoms with Crippen LogP contribution in [-0.4, -0.2) is 15.9 Å². The van der Waals surface area contributed by atoms with Crippen molar-refractivity contribution in [2.24, 2.45) is 5.73 Å². The van der Waals surface area contributed by atoms with E-state index in [4.69, 9.17) is 17.3 Å². The first-order valence-corrected chi connectivity index (χ1v) is 7.42. The molecule has 0 fully saturated rings. The van der Waals surface area contributed by atoms with E-state index < -0.39 is 17.6 Å². The van der Waals surface area contributed by atoms with Crippen LogP contribution in [0.2, 0.25) is 5.02 Å². The van der Waals surface area contributed by atoms with Crippen LogP contribution < -0.4 is 5.73 Å². The standard InChI is InChI=1S/C16H12ClF4N3/c17-12-7-10(16(19,20)21)8-24-14(9-1-3-11(18)4-2-9)13(5-6-22)23-15(12)24/h1-4,7-8H,5-6,22H2. The molecule has 0 saturated heterocycles. The van der Waals surface area contributed by atoms with Gasteiger partial charge in [-0.3, -0.25) is 4.40 Å². The third kappa shape index (κ3) is 2.97. The summed E-state index contributed by atoms with van der Waals surface area (Å²) in [6.45, 7) is 0.266. The number of fused-ring (bicyclic) bond motifs is 1. The Hall–Kier alpha value is -2.12. The first-order valence-electron chi connectivity index (χ1n) is 7.05. The fourth-order valence-electron chi connectivity index (χ4n) is 2.53. The number of nitrogens with zero attached hydrogens (tertiary/aromatic N) is 2. The summed E-state index contributed by atoms with van der Waals surface area (Å²) in [6, 6.07) is 6.26. The number of halogens is 5. The van der Waals surface area contributed by atoms with Gasteiger partial charge in [0.05, 0.1) is 22.0 Å². The van der Waals surface area contributed by atoms with Crippen LogP contribution in [0.15, 0.2) is 36.5 Å². The smallest absolute Gasteiger partial charge is 0.330 e. The maximum absolute atomic E-state index is 13.2. The van der Waals surface area contributed by atoms with Crippen LogP contribution in [0.5, 0.6) is 0 Å². The predicted octanol–water partition coefficient (Wildman–Crippen LogP) is 4.31. The van der Waals surface area contributed by atoms with E-state index in [2.05, 4.69) is 4.98 Å². The maximum Gasteiger partial charge on any atom is 0.417 e. The molecule has 0 unspecified atom stereocenters. The van der Waals surface area contributed by atoms with Crippen molar-refractivity contribution in [3.8, 4) is 11.3 Å². The van der Waals surface area contributed by atoms with E-state index in [9.17, 15) is 17.6 Å². The molecule has 3 nitrogen and oxygen atoms in total. The van der Waals surface area contributed by atoms with Crippen molar-refractivity contribution in [2.75, 3.05) is 6.54 Å². The first-order chi connectivity index (χ1) is 11.3. The van der Waals surface area contributed by atoms with Gasteiger partial charge in [-0.1, -0.05) is 11.6 Å². The normalized spacial score (nSPS) is 12.1. The summed E-state index contributed by atoms with van der Waals surface area (Å²) < 4.78 is 53.7. The van der Waals surface area contributed by atoms with E-state index in [0.717, 1.165) is 12.3 Å². The summed E-state index contributed by atoms with van der Waals surface area (Å²) in [4.78, 5) is 4.31. The molecule has 2 heterocycles. The lowest BCUT2D eigenvalue weighted by atomic mass is 10.1. The zero-order valence-corrected chi connectivity index (χ0v) is 13.0. The molecule has 0 aliphatic carbocycles. The molecule has 2 aromatic heterocycles. The van der Waals surface area contributed by atoms with Gasteiger partial charge in [0.2, 0.25) is 0 Å². The molecule has 0 aliphatic rings. The largest absolute Gasteiger partial charge is 0.417 e. The van der Waals surface area contributed by atoms with Crippen LogP contribution >= 0.6 is 11.6 Å². The monoisotopic (exact) mass is 357 g/mol. The van der Waals surface area contributed by atoms with Gasteiger partial charge in [-0.15, -0.1) is 0 Å². The SMILES string of the molecule is NCCc1nc2c(Cl)cc(C(F)(F)F)cn2c1-c1ccc(F)cc1. The quantitative estimate of drug-likeness (QED) is 0.710. The zero-order chi connectivity index (χ0) is 17.5. The van der Waals surface area contributed by atoms with Crippen LogP contribution in [-0.2, 0) is 12.6 Å². The minimum Gasteiger partial charge on any atom is -0.330 e. The molecular formula is C16H12ClF4N3. The molecule has 126 valence electrons. The Morgan fingerprint density at radius 2 is 1.83 bits per heavy atom. The highest BCUT2D eigenvalue weighted by Crippen LogP contribution is 2.35. The summed E-state index contributed by atoms with van der Waals surface area (Å²) in [5.41, 5.74) is 6.34. The highest BCUT2D eigenvalue weighted by Gasteiger charge is 2.32. The minimum atomic E-state index is -4.55. The van der Waals surface area contributed by atoms with Crippen molar-refractivity contribution in [2.45, 2.75) is 12.6 Å². The van der Waals surface area contributed by atoms with Gasteiger partial charge in [-0.25, -0.2) is 9.37 Å². The van der Waals surface area contributed by atoms with Crippen LogP contribution in [0.25, 0.3) is 16.9 Å². The summed E-state index contributed by atoms with van der Waals surface area (Å²) in [6.07, 6.45) is -3.25. The average molecular weight is 358 g/mol. The van der Waals surface area contributed by atoms with Gasteiger partial charge in [0.15, 0.2) is 5.65 Å². The lowest BCUT2D eigenvalue weighted by molar-refractivity contribution is -0.137. The number of aromatic nitrogens is 2. The maximum atomic E-state index is 13.2. The highest BCUT2D eigenvalue weighted by molar-refractivity contribution is 6.33. The highest BCUT2D eigenvalue weighted by atomic mass is 35.5. The van der Waals surface area contributed by atoms with Crippen LogP contribution in [0, 0.1) is 5.82 Å². The molecule has 0 amide bonds. The summed E-state index contributed by atoms with van der Waals surface area (Å²) in [7, 11) is 0. The second kappa shape index (κ2) is 6.07. The van der Waals surface area contributed by atoms with E-state index in [1.54, 1.807) is 0 Å². The summed E-state index contributed by atoms with van der Waals surface area (Å²) in [5.74, 6) is -0.443. The topological polar surface area (TPSA) is 43.3 Å². The molecule has 0 atom stereocenters. The minimum absolute atomic E-state index is 0.114. The Kier molecular flexibility index (Phi) is 4.23. The number of alkyl halides is 3. The molecule has 0 saturated carbocycles. The average Bonchev–Trinajstić information content (AvgIpc) is 2.86. The number of hydrogen-bond acceptors (Lipinski definition) is 2. The van der Waals surface area contributed by atoms with Crippen molar-refractivity contribution >= 4 is 17.2 Å². The number of benzene rings is 1. The number of rotatable bonds is 3. The van der Waals surface area contributed by atoms with Gasteiger partial charge in [-0.2, -0.15) is 13.2 Å². The Morgan fingerprint density at radius 1 is 1.17 bits per heavy atom. The van der Waals surface area contributed by atoms with Gasteiger partial charge >= 0.3 is 6.18 Å². The number of nitrogens with two attached hydrogens (primary N) is 1. The molecule has 3 aromatic rings. The third-order valence-corrected chi connectivity index (χ3v) is 3.85. The van der Waals surface area contributed by atoms with Crippen LogP contribution in [0.1, 0.15) is 11.3 Å². The second-order valence-electron chi connectivity index (χ2n) is 5.22. The third-order valence-electron chi connectivity index (χ3n) is 3.57. The lowest BCUT2D eigenvalue weighted by Gasteiger charge is -2.10. The van der Waals surface area contributed by atoms with Crippen molar-refractivity contribution in [1.82, 2.24) is 9.38 Å². The van der Waals surface area contributed by atoms with E-state index in [0.29, 0.717) is 23.4 Å². The Morgan fingerprint density at radius 3 is 2.42 bits per heavy atom. The first kappa shape index (κ1) is 16.7. The second-order valence-corrected chi connectivity index (χ2v) is 5.63. The zero-order valence-electron chi connectivity index (χ0n) is 12.2. The van der Waals surface area contributed by atoms with E-state index in [1.807, 2.05) is 0 Å². The molecule has 8 heteroatoms. The fraction of sp³-hybridized carbons (Fsp3) is 0.188. The molecular weight excluding hydrogens is 346 g/mol. The van der Waals surface area contributed by atoms with E-state index in [-0.39, 0.29) is 17.2 Å². The molecule has 2 N–H and O–H groups in total. The fourth-order valence-corrected chi connectivity index (χ4v) is 2.78. The molecule has 0 spiro atoms. The lowest BCUT2D eigenvalue weighted by Crippen LogP contribution is -2.07. The molecule has 0 radical (unpaired) electrons. The number of imidazole rings is 1.